The molecule has 0 spiro atoms. The third kappa shape index (κ3) is 1.41. The Labute approximate surface area is 79.9 Å². The molecule has 0 atom stereocenters. The molecule has 5 nitrogen and oxygen atoms in total. The average Bonchev–Trinajstić information content (AvgIpc) is 2.57. The first-order valence-electron chi connectivity index (χ1n) is 4.17. The maximum Gasteiger partial charge on any atom is 0.167 e. The number of aryl methyl sites for hydroxylation is 1. The Bertz CT molecular complexity index is 511. The van der Waals surface area contributed by atoms with E-state index in [0.29, 0.717) is 6.54 Å². The van der Waals surface area contributed by atoms with E-state index in [1.165, 1.54) is 0 Å². The maximum absolute atomic E-state index is 8.18. The van der Waals surface area contributed by atoms with Gasteiger partial charge in [-0.2, -0.15) is 0 Å². The highest BCUT2D eigenvalue weighted by Gasteiger charge is 2.03. The molecule has 0 unspecified atom stereocenters. The molecule has 70 valence electrons. The number of fused-ring (bicyclic) bond motifs is 1. The van der Waals surface area contributed by atoms with Crippen molar-refractivity contribution in [2.75, 3.05) is 0 Å². The van der Waals surface area contributed by atoms with Gasteiger partial charge in [0.2, 0.25) is 0 Å². The zero-order valence-corrected chi connectivity index (χ0v) is 7.64. The van der Waals surface area contributed by atoms with Crippen LogP contribution < -0.4 is 0 Å². The Morgan fingerprint density at radius 3 is 3.21 bits per heavy atom. The van der Waals surface area contributed by atoms with Crippen LogP contribution in [0.25, 0.3) is 21.4 Å². The first-order chi connectivity index (χ1) is 6.81. The molecule has 0 aliphatic carbocycles. The van der Waals surface area contributed by atoms with E-state index in [0.717, 1.165) is 22.2 Å². The third-order valence-corrected chi connectivity index (χ3v) is 2.03. The summed E-state index contributed by atoms with van der Waals surface area (Å²) in [5, 5.41) is 8.30. The number of aromatic nitrogens is 1. The topological polar surface area (TPSA) is 74.8 Å². The lowest BCUT2D eigenvalue weighted by Crippen LogP contribution is -1.79. The van der Waals surface area contributed by atoms with E-state index < -0.39 is 0 Å². The highest BCUT2D eigenvalue weighted by molar-refractivity contribution is 5.79. The molecule has 1 heterocycles. The van der Waals surface area contributed by atoms with Crippen LogP contribution in [0, 0.1) is 6.92 Å². The summed E-state index contributed by atoms with van der Waals surface area (Å²) in [4.78, 5) is 2.71. The summed E-state index contributed by atoms with van der Waals surface area (Å²) < 4.78 is 5.05. The molecular formula is C9H8N4O. The summed E-state index contributed by atoms with van der Waals surface area (Å²) in [6.07, 6.45) is 0. The summed E-state index contributed by atoms with van der Waals surface area (Å²) in [7, 11) is 0. The number of benzene rings is 1. The Hall–Kier alpha value is -2.00. The van der Waals surface area contributed by atoms with Gasteiger partial charge >= 0.3 is 0 Å². The van der Waals surface area contributed by atoms with Crippen LogP contribution >= 0.6 is 0 Å². The molecule has 0 radical (unpaired) electrons. The molecule has 0 N–H and O–H groups in total. The monoisotopic (exact) mass is 188 g/mol. The van der Waals surface area contributed by atoms with Crippen LogP contribution in [0.2, 0.25) is 0 Å². The molecular weight excluding hydrogens is 180 g/mol. The number of nitrogens with zero attached hydrogens (tertiary/aromatic N) is 4. The van der Waals surface area contributed by atoms with Gasteiger partial charge in [-0.25, -0.2) is 0 Å². The highest BCUT2D eigenvalue weighted by atomic mass is 16.5. The van der Waals surface area contributed by atoms with Gasteiger partial charge in [0, 0.05) is 10.3 Å². The van der Waals surface area contributed by atoms with E-state index in [1.807, 2.05) is 25.1 Å². The fraction of sp³-hybridized carbons (Fsp3) is 0.222. The molecule has 0 saturated heterocycles. The van der Waals surface area contributed by atoms with E-state index in [4.69, 9.17) is 10.1 Å². The first kappa shape index (κ1) is 8.59. The number of hydrogen-bond acceptors (Lipinski definition) is 3. The smallest absolute Gasteiger partial charge is 0.167 e. The van der Waals surface area contributed by atoms with Gasteiger partial charge in [0.05, 0.1) is 12.2 Å². The predicted octanol–water partition coefficient (Wildman–Crippen LogP) is 2.95. The summed E-state index contributed by atoms with van der Waals surface area (Å²) >= 11 is 0. The van der Waals surface area contributed by atoms with Gasteiger partial charge in [-0.1, -0.05) is 16.3 Å². The first-order valence-corrected chi connectivity index (χ1v) is 4.17. The molecule has 14 heavy (non-hydrogen) atoms. The van der Waals surface area contributed by atoms with Crippen molar-refractivity contribution in [1.82, 2.24) is 5.16 Å². The Balaban J connectivity index is 2.48. The van der Waals surface area contributed by atoms with E-state index in [2.05, 4.69) is 15.2 Å². The molecule has 0 aliphatic heterocycles. The minimum absolute atomic E-state index is 0.358. The summed E-state index contributed by atoms with van der Waals surface area (Å²) in [6.45, 7) is 2.24. The molecule has 0 fully saturated rings. The largest absolute Gasteiger partial charge is 0.356 e. The van der Waals surface area contributed by atoms with Gasteiger partial charge in [-0.05, 0) is 30.2 Å². The van der Waals surface area contributed by atoms with Crippen molar-refractivity contribution in [3.05, 3.63) is 39.9 Å². The van der Waals surface area contributed by atoms with Crippen molar-refractivity contribution in [2.24, 2.45) is 5.11 Å². The quantitative estimate of drug-likeness (QED) is 0.412. The van der Waals surface area contributed by atoms with Crippen LogP contribution in [0.5, 0.6) is 0 Å². The third-order valence-electron chi connectivity index (χ3n) is 2.03. The van der Waals surface area contributed by atoms with Crippen LogP contribution in [-0.4, -0.2) is 5.16 Å². The lowest BCUT2D eigenvalue weighted by Gasteiger charge is -1.94. The zero-order valence-electron chi connectivity index (χ0n) is 7.64. The summed E-state index contributed by atoms with van der Waals surface area (Å²) in [5.74, 6) is 0. The lowest BCUT2D eigenvalue weighted by molar-refractivity contribution is 0.450. The van der Waals surface area contributed by atoms with Crippen molar-refractivity contribution in [2.45, 2.75) is 13.5 Å². The normalized spacial score (nSPS) is 10.1. The van der Waals surface area contributed by atoms with E-state index in [1.54, 1.807) is 0 Å². The van der Waals surface area contributed by atoms with Crippen LogP contribution in [0.1, 0.15) is 11.3 Å². The van der Waals surface area contributed by atoms with Crippen LogP contribution in [0.15, 0.2) is 27.8 Å². The van der Waals surface area contributed by atoms with Gasteiger partial charge in [0.1, 0.15) is 0 Å². The Morgan fingerprint density at radius 2 is 2.43 bits per heavy atom. The van der Waals surface area contributed by atoms with Crippen LogP contribution in [0.4, 0.5) is 0 Å². The fourth-order valence-electron chi connectivity index (χ4n) is 1.32. The van der Waals surface area contributed by atoms with Crippen molar-refractivity contribution in [3.8, 4) is 0 Å². The van der Waals surface area contributed by atoms with Gasteiger partial charge in [0.25, 0.3) is 0 Å². The van der Waals surface area contributed by atoms with Crippen molar-refractivity contribution >= 4 is 11.0 Å². The van der Waals surface area contributed by atoms with Gasteiger partial charge in [-0.15, -0.1) is 0 Å². The highest BCUT2D eigenvalue weighted by Crippen LogP contribution is 2.19. The van der Waals surface area contributed by atoms with Gasteiger partial charge in [0.15, 0.2) is 5.58 Å². The standard InChI is InChI=1S/C9H8N4O/c1-6-8-4-7(5-11-13-10)2-3-9(8)14-12-6/h2-4H,5H2,1H3. The Kier molecular flexibility index (Phi) is 2.08. The second-order valence-electron chi connectivity index (χ2n) is 2.99. The maximum atomic E-state index is 8.18. The Morgan fingerprint density at radius 1 is 1.57 bits per heavy atom. The molecule has 0 amide bonds. The number of hydrogen-bond donors (Lipinski definition) is 0. The SMILES string of the molecule is Cc1noc2ccc(CN=[N+]=[N-])cc12. The van der Waals surface area contributed by atoms with E-state index in [9.17, 15) is 0 Å². The zero-order chi connectivity index (χ0) is 9.97. The molecule has 0 bridgehead atoms. The van der Waals surface area contributed by atoms with E-state index in [-0.39, 0.29) is 0 Å². The predicted molar refractivity (Wildman–Crippen MR) is 51.6 cm³/mol. The molecule has 5 heteroatoms. The van der Waals surface area contributed by atoms with Gasteiger partial charge < -0.3 is 4.52 Å². The van der Waals surface area contributed by atoms with Gasteiger partial charge in [-0.3, -0.25) is 0 Å². The molecule has 2 aromatic rings. The second kappa shape index (κ2) is 3.40. The molecule has 1 aromatic carbocycles. The number of rotatable bonds is 2. The summed E-state index contributed by atoms with van der Waals surface area (Å²) in [5.41, 5.74) is 10.7. The summed E-state index contributed by atoms with van der Waals surface area (Å²) in [6, 6.07) is 5.62. The second-order valence-corrected chi connectivity index (χ2v) is 2.99. The minimum atomic E-state index is 0.358. The van der Waals surface area contributed by atoms with Crippen molar-refractivity contribution in [1.29, 1.82) is 0 Å². The average molecular weight is 188 g/mol. The van der Waals surface area contributed by atoms with Crippen molar-refractivity contribution < 1.29 is 4.52 Å². The minimum Gasteiger partial charge on any atom is -0.356 e. The fourth-order valence-corrected chi connectivity index (χ4v) is 1.32. The number of azide groups is 1. The van der Waals surface area contributed by atoms with Crippen LogP contribution in [0.3, 0.4) is 0 Å². The van der Waals surface area contributed by atoms with Crippen LogP contribution in [-0.2, 0) is 6.54 Å². The van der Waals surface area contributed by atoms with E-state index >= 15 is 0 Å². The molecule has 0 aliphatic rings. The van der Waals surface area contributed by atoms with Crippen molar-refractivity contribution in [3.63, 3.8) is 0 Å². The molecule has 1 aromatic heterocycles. The lowest BCUT2D eigenvalue weighted by atomic mass is 10.1. The molecule has 0 saturated carbocycles. The molecule has 2 rings (SSSR count).